The fraction of sp³-hybridized carbons (Fsp3) is 0. The maximum absolute atomic E-state index is 8.31. The van der Waals surface area contributed by atoms with Crippen LogP contribution in [0.1, 0.15) is 5.56 Å². The van der Waals surface area contributed by atoms with Crippen LogP contribution in [0.15, 0.2) is 28.4 Å². The highest BCUT2D eigenvalue weighted by atomic mass is 35.5. The van der Waals surface area contributed by atoms with Crippen LogP contribution in [0, 0.1) is 0 Å². The van der Waals surface area contributed by atoms with Gasteiger partial charge >= 0.3 is 0 Å². The predicted octanol–water partition coefficient (Wildman–Crippen LogP) is 2.04. The summed E-state index contributed by atoms with van der Waals surface area (Å²) < 4.78 is 0. The predicted molar refractivity (Wildman–Crippen MR) is 67.8 cm³/mol. The quantitative estimate of drug-likeness (QED) is 0.441. The molecule has 0 amide bonds. The summed E-state index contributed by atoms with van der Waals surface area (Å²) >= 11 is 11.7. The molecule has 0 aliphatic carbocycles. The monoisotopic (exact) mass is 282 g/mol. The largest absolute Gasteiger partial charge is 0.367 e. The van der Waals surface area contributed by atoms with Gasteiger partial charge in [-0.25, -0.2) is 5.48 Å². The number of halogens is 3. The van der Waals surface area contributed by atoms with Crippen LogP contribution in [-0.4, -0.2) is 17.4 Å². The highest BCUT2D eigenvalue weighted by molar-refractivity contribution is 6.38. The van der Waals surface area contributed by atoms with Gasteiger partial charge in [0.2, 0.25) is 5.96 Å². The number of nitrogens with zero attached hydrogens (tertiary/aromatic N) is 2. The number of guanidine groups is 1. The van der Waals surface area contributed by atoms with Gasteiger partial charge in [-0.1, -0.05) is 29.3 Å². The first-order valence-corrected chi connectivity index (χ1v) is 4.61. The van der Waals surface area contributed by atoms with E-state index in [-0.39, 0.29) is 18.4 Å². The highest BCUT2D eigenvalue weighted by Gasteiger charge is 2.01. The third-order valence-electron chi connectivity index (χ3n) is 1.47. The van der Waals surface area contributed by atoms with Crippen LogP contribution in [0.2, 0.25) is 10.0 Å². The number of hydroxylamine groups is 1. The van der Waals surface area contributed by atoms with E-state index in [1.54, 1.807) is 23.7 Å². The van der Waals surface area contributed by atoms with E-state index in [1.165, 1.54) is 6.21 Å². The zero-order chi connectivity index (χ0) is 11.3. The first-order chi connectivity index (χ1) is 7.15. The minimum Gasteiger partial charge on any atom is -0.367 e. The zero-order valence-electron chi connectivity index (χ0n) is 7.89. The molecule has 0 saturated carbocycles. The first kappa shape index (κ1) is 15.0. The Balaban J connectivity index is 0.00000225. The molecule has 5 nitrogen and oxygen atoms in total. The van der Waals surface area contributed by atoms with Crippen molar-refractivity contribution in [2.45, 2.75) is 0 Å². The van der Waals surface area contributed by atoms with Crippen molar-refractivity contribution >= 4 is 47.8 Å². The Bertz CT molecular complexity index is 388. The van der Waals surface area contributed by atoms with Gasteiger partial charge in [-0.05, 0) is 12.1 Å². The number of nitrogens with one attached hydrogen (secondary N) is 1. The topological polar surface area (TPSA) is 83.0 Å². The third kappa shape index (κ3) is 4.24. The van der Waals surface area contributed by atoms with Crippen LogP contribution >= 0.6 is 35.6 Å². The number of hydrogen-bond donors (Lipinski definition) is 3. The molecule has 1 aromatic carbocycles. The lowest BCUT2D eigenvalue weighted by Gasteiger charge is -1.98. The van der Waals surface area contributed by atoms with Crippen LogP contribution in [0.4, 0.5) is 0 Å². The fourth-order valence-corrected chi connectivity index (χ4v) is 1.30. The maximum Gasteiger partial charge on any atom is 0.237 e. The molecule has 1 rings (SSSR count). The average Bonchev–Trinajstić information content (AvgIpc) is 2.22. The Kier molecular flexibility index (Phi) is 6.83. The van der Waals surface area contributed by atoms with Crippen LogP contribution in [0.3, 0.4) is 0 Å². The lowest BCUT2D eigenvalue weighted by atomic mass is 10.2. The number of benzene rings is 1. The Morgan fingerprint density at radius 1 is 1.38 bits per heavy atom. The van der Waals surface area contributed by atoms with Gasteiger partial charge in [-0.3, -0.25) is 5.21 Å². The zero-order valence-corrected chi connectivity index (χ0v) is 10.2. The van der Waals surface area contributed by atoms with Crippen molar-refractivity contribution in [2.75, 3.05) is 0 Å². The van der Waals surface area contributed by atoms with Crippen molar-refractivity contribution in [3.05, 3.63) is 33.8 Å². The summed E-state index contributed by atoms with van der Waals surface area (Å²) in [5.41, 5.74) is 7.29. The summed E-state index contributed by atoms with van der Waals surface area (Å²) in [6, 6.07) is 5.06. The van der Waals surface area contributed by atoms with E-state index in [0.717, 1.165) is 0 Å². The Labute approximate surface area is 108 Å². The van der Waals surface area contributed by atoms with E-state index in [4.69, 9.17) is 34.1 Å². The van der Waals surface area contributed by atoms with Crippen molar-refractivity contribution in [3.8, 4) is 0 Å². The van der Waals surface area contributed by atoms with E-state index in [2.05, 4.69) is 10.2 Å². The van der Waals surface area contributed by atoms with E-state index < -0.39 is 0 Å². The lowest BCUT2D eigenvalue weighted by Crippen LogP contribution is -2.27. The van der Waals surface area contributed by atoms with Crippen molar-refractivity contribution in [3.63, 3.8) is 0 Å². The van der Waals surface area contributed by atoms with E-state index in [0.29, 0.717) is 15.6 Å². The molecular weight excluding hydrogens is 274 g/mol. The number of nitrogens with two attached hydrogens (primary N) is 1. The molecule has 0 aliphatic heterocycles. The van der Waals surface area contributed by atoms with Gasteiger partial charge in [-0.2, -0.15) is 5.10 Å². The van der Waals surface area contributed by atoms with Gasteiger partial charge in [0.15, 0.2) is 0 Å². The van der Waals surface area contributed by atoms with E-state index in [9.17, 15) is 0 Å². The van der Waals surface area contributed by atoms with Crippen molar-refractivity contribution < 1.29 is 5.21 Å². The molecule has 0 atom stereocenters. The minimum absolute atomic E-state index is 0. The molecule has 8 heteroatoms. The third-order valence-corrected chi connectivity index (χ3v) is 2.13. The van der Waals surface area contributed by atoms with Crippen LogP contribution in [-0.2, 0) is 0 Å². The average molecular weight is 284 g/mol. The molecule has 16 heavy (non-hydrogen) atoms. The van der Waals surface area contributed by atoms with Crippen LogP contribution in [0.25, 0.3) is 0 Å². The molecule has 0 unspecified atom stereocenters. The highest BCUT2D eigenvalue weighted by Crippen LogP contribution is 2.22. The smallest absolute Gasteiger partial charge is 0.237 e. The van der Waals surface area contributed by atoms with Crippen molar-refractivity contribution in [2.24, 2.45) is 15.9 Å². The molecule has 0 saturated heterocycles. The summed E-state index contributed by atoms with van der Waals surface area (Å²) in [6.45, 7) is 0. The summed E-state index contributed by atoms with van der Waals surface area (Å²) in [5.74, 6) is -0.227. The molecule has 1 aromatic rings. The fourth-order valence-electron chi connectivity index (χ4n) is 0.805. The Morgan fingerprint density at radius 3 is 2.44 bits per heavy atom. The van der Waals surface area contributed by atoms with Gasteiger partial charge in [-0.15, -0.1) is 17.5 Å². The van der Waals surface area contributed by atoms with Crippen molar-refractivity contribution in [1.82, 2.24) is 5.48 Å². The first-order valence-electron chi connectivity index (χ1n) is 3.85. The molecular formula is C8H9Cl3N4O. The minimum atomic E-state index is -0.227. The van der Waals surface area contributed by atoms with E-state index in [1.807, 2.05) is 0 Å². The van der Waals surface area contributed by atoms with Gasteiger partial charge in [0.05, 0.1) is 16.3 Å². The lowest BCUT2D eigenvalue weighted by molar-refractivity contribution is 0.232. The molecule has 0 bridgehead atoms. The summed E-state index contributed by atoms with van der Waals surface area (Å²) in [4.78, 5) is 0. The number of hydrogen-bond acceptors (Lipinski definition) is 3. The molecule has 0 heterocycles. The Hall–Kier alpha value is -1.01. The van der Waals surface area contributed by atoms with Gasteiger partial charge < -0.3 is 5.73 Å². The summed E-state index contributed by atoms with van der Waals surface area (Å²) in [7, 11) is 0. The van der Waals surface area contributed by atoms with Gasteiger partial charge in [0.1, 0.15) is 0 Å². The summed E-state index contributed by atoms with van der Waals surface area (Å²) in [6.07, 6.45) is 1.34. The molecule has 88 valence electrons. The standard InChI is InChI=1S/C8H8Cl2N4O.ClH/c9-6-2-1-3-7(10)5(6)4-12-13-8(11)14-15;/h1-4,15H,(H3,11,13,14);1H. The second kappa shape index (κ2) is 7.29. The molecule has 0 spiro atoms. The second-order valence-electron chi connectivity index (χ2n) is 2.48. The molecule has 4 N–H and O–H groups in total. The van der Waals surface area contributed by atoms with E-state index >= 15 is 0 Å². The normalized spacial score (nSPS) is 11.3. The van der Waals surface area contributed by atoms with Gasteiger partial charge in [0, 0.05) is 5.56 Å². The maximum atomic E-state index is 8.31. The second-order valence-corrected chi connectivity index (χ2v) is 3.29. The van der Waals surface area contributed by atoms with Crippen molar-refractivity contribution in [1.29, 1.82) is 0 Å². The molecule has 0 aliphatic rings. The van der Waals surface area contributed by atoms with Crippen LogP contribution in [0.5, 0.6) is 0 Å². The summed E-state index contributed by atoms with van der Waals surface area (Å²) in [5, 5.41) is 16.2. The molecule has 0 fully saturated rings. The Morgan fingerprint density at radius 2 is 1.94 bits per heavy atom. The molecule has 0 aromatic heterocycles. The number of rotatable bonds is 2. The van der Waals surface area contributed by atoms with Crippen LogP contribution < -0.4 is 11.2 Å². The SMILES string of the molecule is Cl.NC(=NN=Cc1c(Cl)cccc1Cl)NO. The molecule has 0 radical (unpaired) electrons. The van der Waals surface area contributed by atoms with Gasteiger partial charge in [0.25, 0.3) is 0 Å².